The molecule has 0 aliphatic carbocycles. The lowest BCUT2D eigenvalue weighted by molar-refractivity contribution is -0.137. The Bertz CT molecular complexity index is 392. The van der Waals surface area contributed by atoms with Gasteiger partial charge in [-0.05, 0) is 36.6 Å². The number of thioether (sulfide) groups is 1. The molecule has 15 heavy (non-hydrogen) atoms. The molecule has 1 atom stereocenters. The van der Waals surface area contributed by atoms with Crippen LogP contribution in [0.15, 0.2) is 23.1 Å². The summed E-state index contributed by atoms with van der Waals surface area (Å²) in [6, 6.07) is 5.88. The van der Waals surface area contributed by atoms with Crippen LogP contribution in [-0.4, -0.2) is 16.3 Å². The molecule has 1 aliphatic rings. The first-order chi connectivity index (χ1) is 7.15. The van der Waals surface area contributed by atoms with E-state index in [1.54, 1.807) is 11.8 Å². The minimum Gasteiger partial charge on any atom is -0.481 e. The van der Waals surface area contributed by atoms with Gasteiger partial charge in [0.2, 0.25) is 0 Å². The normalized spacial score (nSPS) is 18.9. The molecule has 0 saturated carbocycles. The number of benzene rings is 1. The van der Waals surface area contributed by atoms with Crippen LogP contribution in [0.1, 0.15) is 18.4 Å². The largest absolute Gasteiger partial charge is 0.481 e. The van der Waals surface area contributed by atoms with Gasteiger partial charge in [0, 0.05) is 21.6 Å². The molecule has 0 spiro atoms. The number of carbonyl (C=O) groups is 1. The van der Waals surface area contributed by atoms with Gasteiger partial charge in [-0.25, -0.2) is 0 Å². The average Bonchev–Trinajstić information content (AvgIpc) is 2.56. The Kier molecular flexibility index (Phi) is 3.22. The van der Waals surface area contributed by atoms with Crippen LogP contribution in [0.2, 0.25) is 5.02 Å². The molecule has 0 fully saturated rings. The van der Waals surface area contributed by atoms with E-state index in [0.29, 0.717) is 5.25 Å². The summed E-state index contributed by atoms with van der Waals surface area (Å²) < 4.78 is 0. The molecular weight excluding hydrogens is 232 g/mol. The van der Waals surface area contributed by atoms with E-state index in [4.69, 9.17) is 16.7 Å². The fraction of sp³-hybridized carbons (Fsp3) is 0.364. The third-order valence-electron chi connectivity index (χ3n) is 2.44. The number of fused-ring (bicyclic) bond motifs is 1. The third kappa shape index (κ3) is 2.67. The molecule has 1 aromatic carbocycles. The number of hydrogen-bond donors (Lipinski definition) is 1. The third-order valence-corrected chi connectivity index (χ3v) is 4.07. The smallest absolute Gasteiger partial charge is 0.303 e. The van der Waals surface area contributed by atoms with Crippen molar-refractivity contribution in [3.63, 3.8) is 0 Å². The Morgan fingerprint density at radius 3 is 3.13 bits per heavy atom. The van der Waals surface area contributed by atoms with E-state index in [2.05, 4.69) is 0 Å². The molecule has 0 amide bonds. The summed E-state index contributed by atoms with van der Waals surface area (Å²) in [5, 5.41) is 9.76. The second kappa shape index (κ2) is 4.45. The van der Waals surface area contributed by atoms with E-state index in [0.717, 1.165) is 17.9 Å². The number of carboxylic acid groups (broad SMARTS) is 1. The zero-order valence-corrected chi connectivity index (χ0v) is 9.64. The fourth-order valence-electron chi connectivity index (χ4n) is 1.73. The van der Waals surface area contributed by atoms with Gasteiger partial charge in [-0.3, -0.25) is 4.79 Å². The Morgan fingerprint density at radius 1 is 1.60 bits per heavy atom. The van der Waals surface area contributed by atoms with Crippen molar-refractivity contribution in [2.75, 3.05) is 0 Å². The Balaban J connectivity index is 2.00. The molecule has 4 heteroatoms. The molecule has 1 aromatic rings. The van der Waals surface area contributed by atoms with Crippen molar-refractivity contribution >= 4 is 29.3 Å². The van der Waals surface area contributed by atoms with E-state index < -0.39 is 5.97 Å². The van der Waals surface area contributed by atoms with Gasteiger partial charge in [0.25, 0.3) is 0 Å². The molecule has 0 aromatic heterocycles. The number of rotatable bonds is 3. The van der Waals surface area contributed by atoms with Crippen LogP contribution in [0.5, 0.6) is 0 Å². The highest BCUT2D eigenvalue weighted by Gasteiger charge is 2.22. The van der Waals surface area contributed by atoms with Gasteiger partial charge >= 0.3 is 5.97 Å². The quantitative estimate of drug-likeness (QED) is 0.884. The zero-order valence-electron chi connectivity index (χ0n) is 8.07. The first kappa shape index (κ1) is 10.8. The highest BCUT2D eigenvalue weighted by atomic mass is 35.5. The summed E-state index contributed by atoms with van der Waals surface area (Å²) in [7, 11) is 0. The van der Waals surface area contributed by atoms with Crippen LogP contribution in [0, 0.1) is 0 Å². The van der Waals surface area contributed by atoms with Crippen LogP contribution >= 0.6 is 23.4 Å². The SMILES string of the molecule is O=C(O)CCC1Cc2cc(Cl)ccc2S1. The minimum atomic E-state index is -0.718. The maximum Gasteiger partial charge on any atom is 0.303 e. The van der Waals surface area contributed by atoms with Gasteiger partial charge in [-0.15, -0.1) is 11.8 Å². The van der Waals surface area contributed by atoms with E-state index >= 15 is 0 Å². The highest BCUT2D eigenvalue weighted by molar-refractivity contribution is 8.00. The van der Waals surface area contributed by atoms with Crippen LogP contribution in [-0.2, 0) is 11.2 Å². The predicted molar refractivity (Wildman–Crippen MR) is 61.7 cm³/mol. The number of aliphatic carboxylic acids is 1. The van der Waals surface area contributed by atoms with E-state index in [-0.39, 0.29) is 6.42 Å². The average molecular weight is 243 g/mol. The summed E-state index contributed by atoms with van der Waals surface area (Å²) in [5.41, 5.74) is 1.25. The van der Waals surface area contributed by atoms with Crippen molar-refractivity contribution in [2.45, 2.75) is 29.4 Å². The Morgan fingerprint density at radius 2 is 2.40 bits per heavy atom. The molecule has 1 unspecified atom stereocenters. The molecular formula is C11H11ClO2S. The molecule has 1 aliphatic heterocycles. The lowest BCUT2D eigenvalue weighted by Crippen LogP contribution is -2.04. The molecule has 80 valence electrons. The van der Waals surface area contributed by atoms with Crippen LogP contribution in [0.4, 0.5) is 0 Å². The van der Waals surface area contributed by atoms with E-state index in [9.17, 15) is 4.79 Å². The summed E-state index contributed by atoms with van der Waals surface area (Å²) in [4.78, 5) is 11.7. The summed E-state index contributed by atoms with van der Waals surface area (Å²) in [6.45, 7) is 0. The second-order valence-corrected chi connectivity index (χ2v) is 5.41. The molecule has 0 bridgehead atoms. The van der Waals surface area contributed by atoms with Gasteiger partial charge in [-0.1, -0.05) is 11.6 Å². The molecule has 2 rings (SSSR count). The van der Waals surface area contributed by atoms with Crippen molar-refractivity contribution in [2.24, 2.45) is 0 Å². The van der Waals surface area contributed by atoms with Crippen molar-refractivity contribution < 1.29 is 9.90 Å². The zero-order chi connectivity index (χ0) is 10.8. The van der Waals surface area contributed by atoms with Crippen LogP contribution in [0.25, 0.3) is 0 Å². The number of hydrogen-bond acceptors (Lipinski definition) is 2. The minimum absolute atomic E-state index is 0.249. The van der Waals surface area contributed by atoms with Gasteiger partial charge in [0.05, 0.1) is 0 Å². The van der Waals surface area contributed by atoms with Crippen LogP contribution in [0.3, 0.4) is 0 Å². The van der Waals surface area contributed by atoms with E-state index in [1.165, 1.54) is 10.5 Å². The van der Waals surface area contributed by atoms with Crippen molar-refractivity contribution in [1.29, 1.82) is 0 Å². The predicted octanol–water partition coefficient (Wildman–Crippen LogP) is 3.22. The molecule has 0 saturated heterocycles. The summed E-state index contributed by atoms with van der Waals surface area (Å²) >= 11 is 7.66. The second-order valence-electron chi connectivity index (χ2n) is 3.63. The maximum absolute atomic E-state index is 10.5. The molecule has 1 N–H and O–H groups in total. The van der Waals surface area contributed by atoms with Gasteiger partial charge in [-0.2, -0.15) is 0 Å². The Hall–Kier alpha value is -0.670. The summed E-state index contributed by atoms with van der Waals surface area (Å²) in [5.74, 6) is -0.718. The van der Waals surface area contributed by atoms with Crippen molar-refractivity contribution in [1.82, 2.24) is 0 Å². The molecule has 2 nitrogen and oxygen atoms in total. The first-order valence-electron chi connectivity index (χ1n) is 4.82. The van der Waals surface area contributed by atoms with Crippen LogP contribution < -0.4 is 0 Å². The lowest BCUT2D eigenvalue weighted by Gasteiger charge is -2.04. The Labute approximate surface area is 97.6 Å². The van der Waals surface area contributed by atoms with Gasteiger partial charge in [0.1, 0.15) is 0 Å². The maximum atomic E-state index is 10.5. The highest BCUT2D eigenvalue weighted by Crippen LogP contribution is 2.39. The number of halogens is 1. The first-order valence-corrected chi connectivity index (χ1v) is 6.08. The standard InChI is InChI=1S/C11H11ClO2S/c12-8-1-3-10-7(5-8)6-9(15-10)2-4-11(13)14/h1,3,5,9H,2,4,6H2,(H,13,14). The molecule has 1 heterocycles. The monoisotopic (exact) mass is 242 g/mol. The van der Waals surface area contributed by atoms with Gasteiger partial charge < -0.3 is 5.11 Å². The van der Waals surface area contributed by atoms with E-state index in [1.807, 2.05) is 18.2 Å². The lowest BCUT2D eigenvalue weighted by atomic mass is 10.1. The molecule has 0 radical (unpaired) electrons. The van der Waals surface area contributed by atoms with Gasteiger partial charge in [0.15, 0.2) is 0 Å². The fourth-order valence-corrected chi connectivity index (χ4v) is 3.23. The van der Waals surface area contributed by atoms with Crippen molar-refractivity contribution in [3.8, 4) is 0 Å². The summed E-state index contributed by atoms with van der Waals surface area (Å²) in [6.07, 6.45) is 1.92. The topological polar surface area (TPSA) is 37.3 Å². The van der Waals surface area contributed by atoms with Crippen molar-refractivity contribution in [3.05, 3.63) is 28.8 Å². The number of carboxylic acids is 1.